The van der Waals surface area contributed by atoms with Crippen LogP contribution in [-0.2, 0) is 11.3 Å². The van der Waals surface area contributed by atoms with E-state index in [0.29, 0.717) is 4.47 Å². The molecule has 0 atom stereocenters. The van der Waals surface area contributed by atoms with Crippen molar-refractivity contribution in [2.75, 3.05) is 0 Å². The smallest absolute Gasteiger partial charge is 0.268 e. The highest BCUT2D eigenvalue weighted by Crippen LogP contribution is 2.34. The van der Waals surface area contributed by atoms with Gasteiger partial charge in [-0.3, -0.25) is 14.5 Å². The van der Waals surface area contributed by atoms with Crippen molar-refractivity contribution in [1.82, 2.24) is 4.90 Å². The first kappa shape index (κ1) is 16.9. The van der Waals surface area contributed by atoms with Crippen LogP contribution in [-0.4, -0.2) is 16.0 Å². The zero-order valence-corrected chi connectivity index (χ0v) is 15.2. The maximum Gasteiger partial charge on any atom is 0.293 e. The molecule has 0 aromatic heterocycles. The average molecular weight is 406 g/mol. The Bertz CT molecular complexity index is 866. The molecule has 0 aliphatic carbocycles. The molecule has 122 valence electrons. The molecule has 2 amide bonds. The fraction of sp³-hybridized carbons (Fsp3) is 0.111. The van der Waals surface area contributed by atoms with Crippen LogP contribution in [0.1, 0.15) is 16.7 Å². The molecular formula is C18H13BrFNO2S. The van der Waals surface area contributed by atoms with Crippen LogP contribution in [0.3, 0.4) is 0 Å². The highest BCUT2D eigenvalue weighted by atomic mass is 79.9. The lowest BCUT2D eigenvalue weighted by molar-refractivity contribution is -0.123. The summed E-state index contributed by atoms with van der Waals surface area (Å²) in [4.78, 5) is 26.1. The van der Waals surface area contributed by atoms with E-state index in [9.17, 15) is 14.0 Å². The summed E-state index contributed by atoms with van der Waals surface area (Å²) in [6, 6.07) is 12.1. The van der Waals surface area contributed by atoms with E-state index in [-0.39, 0.29) is 22.3 Å². The van der Waals surface area contributed by atoms with Gasteiger partial charge in [0.15, 0.2) is 0 Å². The van der Waals surface area contributed by atoms with E-state index in [4.69, 9.17) is 0 Å². The predicted molar refractivity (Wildman–Crippen MR) is 96.8 cm³/mol. The second-order valence-electron chi connectivity index (χ2n) is 5.36. The first-order chi connectivity index (χ1) is 11.5. The molecule has 1 aliphatic heterocycles. The average Bonchev–Trinajstić information content (AvgIpc) is 2.80. The molecule has 2 aromatic carbocycles. The Kier molecular flexibility index (Phi) is 4.87. The minimum atomic E-state index is -0.441. The van der Waals surface area contributed by atoms with Crippen molar-refractivity contribution < 1.29 is 14.0 Å². The van der Waals surface area contributed by atoms with Crippen molar-refractivity contribution in [2.24, 2.45) is 0 Å². The molecule has 1 aliphatic rings. The number of nitrogens with zero attached hydrogens (tertiary/aromatic N) is 1. The van der Waals surface area contributed by atoms with Crippen molar-refractivity contribution in [1.29, 1.82) is 0 Å². The van der Waals surface area contributed by atoms with E-state index in [1.54, 1.807) is 12.1 Å². The second kappa shape index (κ2) is 6.91. The summed E-state index contributed by atoms with van der Waals surface area (Å²) in [5.41, 5.74) is 2.19. The van der Waals surface area contributed by atoms with Crippen molar-refractivity contribution >= 4 is 44.9 Å². The monoisotopic (exact) mass is 405 g/mol. The molecule has 0 spiro atoms. The predicted octanol–water partition coefficient (Wildman–Crippen LogP) is 5.13. The molecule has 1 heterocycles. The summed E-state index contributed by atoms with van der Waals surface area (Å²) in [5.74, 6) is -0.837. The largest absolute Gasteiger partial charge is 0.293 e. The van der Waals surface area contributed by atoms with Gasteiger partial charge in [0, 0.05) is 10.0 Å². The number of benzene rings is 2. The van der Waals surface area contributed by atoms with Gasteiger partial charge in [0.1, 0.15) is 5.82 Å². The highest BCUT2D eigenvalue weighted by molar-refractivity contribution is 9.10. The van der Waals surface area contributed by atoms with Crippen LogP contribution in [0.2, 0.25) is 0 Å². The summed E-state index contributed by atoms with van der Waals surface area (Å²) in [6.07, 6.45) is 1.42. The number of rotatable bonds is 3. The number of imide groups is 1. The van der Waals surface area contributed by atoms with E-state index in [1.165, 1.54) is 17.0 Å². The van der Waals surface area contributed by atoms with Gasteiger partial charge in [-0.25, -0.2) is 4.39 Å². The van der Waals surface area contributed by atoms with E-state index in [2.05, 4.69) is 15.9 Å². The van der Waals surface area contributed by atoms with Gasteiger partial charge in [-0.1, -0.05) is 40.2 Å². The van der Waals surface area contributed by atoms with Crippen LogP contribution in [0.4, 0.5) is 9.18 Å². The zero-order valence-electron chi connectivity index (χ0n) is 12.8. The fourth-order valence-corrected chi connectivity index (χ4v) is 3.57. The summed E-state index contributed by atoms with van der Waals surface area (Å²) >= 11 is 4.10. The maximum absolute atomic E-state index is 13.9. The Labute approximate surface area is 151 Å². The summed E-state index contributed by atoms with van der Waals surface area (Å²) in [7, 11) is 0. The topological polar surface area (TPSA) is 37.4 Å². The minimum Gasteiger partial charge on any atom is -0.268 e. The van der Waals surface area contributed by atoms with Crippen LogP contribution in [0.25, 0.3) is 6.08 Å². The van der Waals surface area contributed by atoms with Crippen LogP contribution in [0.15, 0.2) is 51.8 Å². The van der Waals surface area contributed by atoms with Crippen molar-refractivity contribution in [3.8, 4) is 0 Å². The zero-order chi connectivity index (χ0) is 17.3. The van der Waals surface area contributed by atoms with Gasteiger partial charge in [-0.2, -0.15) is 0 Å². The molecule has 2 aromatic rings. The van der Waals surface area contributed by atoms with Crippen LogP contribution in [0, 0.1) is 12.7 Å². The first-order valence-corrected chi connectivity index (χ1v) is 8.81. The Morgan fingerprint density at radius 2 is 1.96 bits per heavy atom. The SMILES string of the molecule is Cc1ccccc1CN1C(=O)S/C(=C\c2cc(Br)ccc2F)C1=O. The quantitative estimate of drug-likeness (QED) is 0.663. The molecule has 0 radical (unpaired) electrons. The Balaban J connectivity index is 1.88. The van der Waals surface area contributed by atoms with E-state index in [1.807, 2.05) is 31.2 Å². The number of halogens is 2. The number of carbonyl (C=O) groups excluding carboxylic acids is 2. The molecular weight excluding hydrogens is 393 g/mol. The molecule has 6 heteroatoms. The lowest BCUT2D eigenvalue weighted by Crippen LogP contribution is -2.27. The third-order valence-electron chi connectivity index (χ3n) is 3.71. The third-order valence-corrected chi connectivity index (χ3v) is 5.11. The van der Waals surface area contributed by atoms with Gasteiger partial charge >= 0.3 is 0 Å². The van der Waals surface area contributed by atoms with Crippen LogP contribution < -0.4 is 0 Å². The molecule has 0 N–H and O–H groups in total. The summed E-state index contributed by atoms with van der Waals surface area (Å²) < 4.78 is 14.6. The first-order valence-electron chi connectivity index (χ1n) is 7.20. The maximum atomic E-state index is 13.9. The summed E-state index contributed by atoms with van der Waals surface area (Å²) in [5, 5.41) is -0.343. The molecule has 1 saturated heterocycles. The molecule has 24 heavy (non-hydrogen) atoms. The van der Waals surface area contributed by atoms with Gasteiger partial charge in [0.25, 0.3) is 11.1 Å². The highest BCUT2D eigenvalue weighted by Gasteiger charge is 2.35. The lowest BCUT2D eigenvalue weighted by Gasteiger charge is -2.14. The number of thioether (sulfide) groups is 1. The van der Waals surface area contributed by atoms with Gasteiger partial charge in [-0.15, -0.1) is 0 Å². The number of hydrogen-bond acceptors (Lipinski definition) is 3. The normalized spacial score (nSPS) is 16.3. The molecule has 0 bridgehead atoms. The van der Waals surface area contributed by atoms with Gasteiger partial charge < -0.3 is 0 Å². The van der Waals surface area contributed by atoms with E-state index >= 15 is 0 Å². The van der Waals surface area contributed by atoms with Gasteiger partial charge in [-0.05, 0) is 54.1 Å². The Morgan fingerprint density at radius 1 is 1.21 bits per heavy atom. The van der Waals surface area contributed by atoms with E-state index < -0.39 is 11.7 Å². The minimum absolute atomic E-state index is 0.218. The molecule has 0 saturated carbocycles. The number of amides is 2. The summed E-state index contributed by atoms with van der Waals surface area (Å²) in [6.45, 7) is 2.15. The molecule has 3 nitrogen and oxygen atoms in total. The Hall–Kier alpha value is -1.92. The standard InChI is InChI=1S/C18H13BrFNO2S/c1-11-4-2-3-5-12(11)10-21-17(22)16(24-18(21)23)9-13-8-14(19)6-7-15(13)20/h2-9H,10H2,1H3/b16-9-. The number of hydrogen-bond donors (Lipinski definition) is 0. The molecule has 3 rings (SSSR count). The number of aryl methyl sites for hydroxylation is 1. The van der Waals surface area contributed by atoms with Gasteiger partial charge in [0.05, 0.1) is 11.4 Å². The van der Waals surface area contributed by atoms with Crippen LogP contribution in [0.5, 0.6) is 0 Å². The molecule has 0 unspecified atom stereocenters. The third kappa shape index (κ3) is 3.44. The second-order valence-corrected chi connectivity index (χ2v) is 7.27. The number of carbonyl (C=O) groups is 2. The van der Waals surface area contributed by atoms with Crippen molar-refractivity contribution in [3.05, 3.63) is 74.4 Å². The van der Waals surface area contributed by atoms with E-state index in [0.717, 1.165) is 22.9 Å². The van der Waals surface area contributed by atoms with Crippen molar-refractivity contribution in [3.63, 3.8) is 0 Å². The fourth-order valence-electron chi connectivity index (χ4n) is 2.36. The van der Waals surface area contributed by atoms with Gasteiger partial charge in [0.2, 0.25) is 0 Å². The Morgan fingerprint density at radius 3 is 2.71 bits per heavy atom. The van der Waals surface area contributed by atoms with Crippen molar-refractivity contribution in [2.45, 2.75) is 13.5 Å². The van der Waals surface area contributed by atoms with Crippen LogP contribution >= 0.6 is 27.7 Å². The molecule has 1 fully saturated rings. The lowest BCUT2D eigenvalue weighted by atomic mass is 10.1.